The van der Waals surface area contributed by atoms with Crippen molar-refractivity contribution < 1.29 is 29.0 Å². The fourth-order valence-electron chi connectivity index (χ4n) is 4.52. The van der Waals surface area contributed by atoms with Crippen molar-refractivity contribution in [2.45, 2.75) is 71.4 Å². The van der Waals surface area contributed by atoms with Gasteiger partial charge in [0.05, 0.1) is 32.0 Å². The molecule has 180 valence electrons. The predicted molar refractivity (Wildman–Crippen MR) is 121 cm³/mol. The number of benzene rings is 1. The molecule has 1 heterocycles. The van der Waals surface area contributed by atoms with Crippen LogP contribution in [-0.4, -0.2) is 64.0 Å². The lowest BCUT2D eigenvalue weighted by molar-refractivity contribution is -0.158. The average molecular weight is 459 g/mol. The molecular weight excluding hydrogens is 424 g/mol. The molecule has 1 saturated heterocycles. The number of ether oxygens (including phenoxy) is 1. The normalized spacial score (nSPS) is 20.0. The third kappa shape index (κ3) is 6.33. The Balaban J connectivity index is 1.72. The van der Waals surface area contributed by atoms with E-state index in [1.165, 1.54) is 9.80 Å². The number of carbonyl (C=O) groups is 4. The molecule has 2 atom stereocenters. The highest BCUT2D eigenvalue weighted by molar-refractivity contribution is 5.90. The van der Waals surface area contributed by atoms with E-state index >= 15 is 0 Å². The molecule has 3 rings (SSSR count). The summed E-state index contributed by atoms with van der Waals surface area (Å²) < 4.78 is 5.56. The second kappa shape index (κ2) is 10.4. The first-order chi connectivity index (χ1) is 15.6. The Labute approximate surface area is 194 Å². The van der Waals surface area contributed by atoms with Gasteiger partial charge in [0, 0.05) is 0 Å². The zero-order valence-corrected chi connectivity index (χ0v) is 19.7. The van der Waals surface area contributed by atoms with E-state index in [0.29, 0.717) is 0 Å². The van der Waals surface area contributed by atoms with Crippen molar-refractivity contribution in [2.75, 3.05) is 13.2 Å². The number of rotatable bonds is 7. The summed E-state index contributed by atoms with van der Waals surface area (Å²) in [4.78, 5) is 53.5. The molecule has 0 bridgehead atoms. The summed E-state index contributed by atoms with van der Waals surface area (Å²) >= 11 is 0. The van der Waals surface area contributed by atoms with Crippen molar-refractivity contribution in [2.24, 2.45) is 11.3 Å². The minimum atomic E-state index is -1.17. The third-order valence-corrected chi connectivity index (χ3v) is 6.53. The first-order valence-electron chi connectivity index (χ1n) is 11.6. The summed E-state index contributed by atoms with van der Waals surface area (Å²) in [7, 11) is 0. The lowest BCUT2D eigenvalue weighted by Crippen LogP contribution is -2.48. The molecule has 1 aromatic carbocycles. The standard InChI is InChI=1S/C25H34N2O6/c1-25(2,3)19(14-22(29)33-18-11-7-8-12-18)23(30)27-16-26(15-20(27)24(31)32)21(28)13-17-9-5-4-6-10-17/h4-6,9-10,18-20H,7-8,11-16H2,1-3H3,(H,31,32)/t19-,20+/m1/s1. The van der Waals surface area contributed by atoms with Crippen LogP contribution in [0.4, 0.5) is 0 Å². The summed E-state index contributed by atoms with van der Waals surface area (Å²) in [5.41, 5.74) is 0.234. The van der Waals surface area contributed by atoms with Crippen LogP contribution in [0.1, 0.15) is 58.4 Å². The van der Waals surface area contributed by atoms with Gasteiger partial charge >= 0.3 is 11.9 Å². The molecule has 33 heavy (non-hydrogen) atoms. The van der Waals surface area contributed by atoms with E-state index in [4.69, 9.17) is 4.74 Å². The molecule has 2 fully saturated rings. The van der Waals surface area contributed by atoms with E-state index < -0.39 is 35.2 Å². The van der Waals surface area contributed by atoms with E-state index in [1.54, 1.807) is 0 Å². The molecule has 0 aromatic heterocycles. The van der Waals surface area contributed by atoms with Gasteiger partial charge in [-0.1, -0.05) is 51.1 Å². The summed E-state index contributed by atoms with van der Waals surface area (Å²) in [6.45, 7) is 5.37. The average Bonchev–Trinajstić information content (AvgIpc) is 3.41. The SMILES string of the molecule is CC(C)(C)[C@H](CC(=O)OC1CCCC1)C(=O)N1CN(C(=O)Cc2ccccc2)C[C@H]1C(=O)O. The van der Waals surface area contributed by atoms with Gasteiger partial charge in [-0.25, -0.2) is 4.79 Å². The van der Waals surface area contributed by atoms with Crippen molar-refractivity contribution in [3.8, 4) is 0 Å². The van der Waals surface area contributed by atoms with Crippen LogP contribution in [0.2, 0.25) is 0 Å². The topological polar surface area (TPSA) is 104 Å². The highest BCUT2D eigenvalue weighted by Gasteiger charge is 2.45. The number of carbonyl (C=O) groups excluding carboxylic acids is 3. The molecule has 1 aliphatic carbocycles. The van der Waals surface area contributed by atoms with Crippen molar-refractivity contribution >= 4 is 23.8 Å². The molecule has 2 aliphatic rings. The molecule has 1 aliphatic heterocycles. The van der Waals surface area contributed by atoms with Gasteiger partial charge in [-0.2, -0.15) is 0 Å². The Hall–Kier alpha value is -2.90. The highest BCUT2D eigenvalue weighted by atomic mass is 16.5. The number of hydrogen-bond donors (Lipinski definition) is 1. The monoisotopic (exact) mass is 458 g/mol. The zero-order chi connectivity index (χ0) is 24.2. The number of hydrogen-bond acceptors (Lipinski definition) is 5. The van der Waals surface area contributed by atoms with Gasteiger partial charge < -0.3 is 19.6 Å². The van der Waals surface area contributed by atoms with Crippen LogP contribution in [0.3, 0.4) is 0 Å². The smallest absolute Gasteiger partial charge is 0.328 e. The Kier molecular flexibility index (Phi) is 7.76. The van der Waals surface area contributed by atoms with Gasteiger partial charge in [0.2, 0.25) is 11.8 Å². The molecular formula is C25H34N2O6. The van der Waals surface area contributed by atoms with Crippen LogP contribution < -0.4 is 0 Å². The number of nitrogens with zero attached hydrogens (tertiary/aromatic N) is 2. The summed E-state index contributed by atoms with van der Waals surface area (Å²) in [5.74, 6) is -3.03. The van der Waals surface area contributed by atoms with Gasteiger partial charge in [0.25, 0.3) is 0 Å². The van der Waals surface area contributed by atoms with Gasteiger partial charge in [-0.15, -0.1) is 0 Å². The molecule has 8 heteroatoms. The molecule has 2 amide bonds. The lowest BCUT2D eigenvalue weighted by Gasteiger charge is -2.33. The van der Waals surface area contributed by atoms with Crippen molar-refractivity contribution in [3.05, 3.63) is 35.9 Å². The molecule has 8 nitrogen and oxygen atoms in total. The highest BCUT2D eigenvalue weighted by Crippen LogP contribution is 2.33. The van der Waals surface area contributed by atoms with E-state index in [1.807, 2.05) is 51.1 Å². The summed E-state index contributed by atoms with van der Waals surface area (Å²) in [6, 6.07) is 8.04. The summed E-state index contributed by atoms with van der Waals surface area (Å²) in [6.07, 6.45) is 3.65. The number of carboxylic acids is 1. The quantitative estimate of drug-likeness (QED) is 0.630. The maximum Gasteiger partial charge on any atom is 0.328 e. The Morgan fingerprint density at radius 3 is 2.30 bits per heavy atom. The number of aliphatic carboxylic acids is 1. The summed E-state index contributed by atoms with van der Waals surface area (Å²) in [5, 5.41) is 9.75. The molecule has 0 unspecified atom stereocenters. The van der Waals surface area contributed by atoms with Gasteiger partial charge in [-0.05, 0) is 36.7 Å². The van der Waals surface area contributed by atoms with Crippen LogP contribution in [0.25, 0.3) is 0 Å². The Morgan fingerprint density at radius 2 is 1.73 bits per heavy atom. The van der Waals surface area contributed by atoms with Gasteiger partial charge in [0.1, 0.15) is 12.1 Å². The van der Waals surface area contributed by atoms with Crippen molar-refractivity contribution in [3.63, 3.8) is 0 Å². The molecule has 1 N–H and O–H groups in total. The van der Waals surface area contributed by atoms with E-state index in [0.717, 1.165) is 31.2 Å². The van der Waals surface area contributed by atoms with E-state index in [2.05, 4.69) is 0 Å². The van der Waals surface area contributed by atoms with Crippen molar-refractivity contribution in [1.82, 2.24) is 9.80 Å². The van der Waals surface area contributed by atoms with Gasteiger partial charge in [0.15, 0.2) is 0 Å². The maximum atomic E-state index is 13.5. The second-order valence-corrected chi connectivity index (χ2v) is 10.1. The Bertz CT molecular complexity index is 873. The van der Waals surface area contributed by atoms with Crippen molar-refractivity contribution in [1.29, 1.82) is 0 Å². The zero-order valence-electron chi connectivity index (χ0n) is 19.7. The first kappa shape index (κ1) is 24.7. The Morgan fingerprint density at radius 1 is 1.09 bits per heavy atom. The maximum absolute atomic E-state index is 13.5. The minimum Gasteiger partial charge on any atom is -0.480 e. The van der Waals surface area contributed by atoms with Crippen LogP contribution in [0.5, 0.6) is 0 Å². The first-order valence-corrected chi connectivity index (χ1v) is 11.6. The molecule has 1 aromatic rings. The second-order valence-electron chi connectivity index (χ2n) is 10.1. The van der Waals surface area contributed by atoms with Crippen LogP contribution in [0.15, 0.2) is 30.3 Å². The fraction of sp³-hybridized carbons (Fsp3) is 0.600. The van der Waals surface area contributed by atoms with Crippen LogP contribution in [-0.2, 0) is 30.3 Å². The predicted octanol–water partition coefficient (Wildman–Crippen LogP) is 2.85. The largest absolute Gasteiger partial charge is 0.480 e. The van der Waals surface area contributed by atoms with E-state index in [9.17, 15) is 24.3 Å². The fourth-order valence-corrected chi connectivity index (χ4v) is 4.52. The number of amides is 2. The molecule has 0 spiro atoms. The van der Waals surface area contributed by atoms with Gasteiger partial charge in [-0.3, -0.25) is 14.4 Å². The van der Waals surface area contributed by atoms with Crippen LogP contribution >= 0.6 is 0 Å². The molecule has 1 saturated carbocycles. The lowest BCUT2D eigenvalue weighted by atomic mass is 9.77. The number of carboxylic acid groups (broad SMARTS) is 1. The van der Waals surface area contributed by atoms with Crippen LogP contribution in [0, 0.1) is 11.3 Å². The van der Waals surface area contributed by atoms with E-state index in [-0.39, 0.29) is 38.1 Å². The minimum absolute atomic E-state index is 0.0733. The third-order valence-electron chi connectivity index (χ3n) is 6.53. The number of esters is 1. The molecule has 0 radical (unpaired) electrons.